The van der Waals surface area contributed by atoms with Gasteiger partial charge in [-0.15, -0.1) is 0 Å². The van der Waals surface area contributed by atoms with Gasteiger partial charge in [0.1, 0.15) is 5.69 Å². The van der Waals surface area contributed by atoms with E-state index in [9.17, 15) is 14.7 Å². The second kappa shape index (κ2) is 15.9. The van der Waals surface area contributed by atoms with Crippen molar-refractivity contribution in [2.75, 3.05) is 5.75 Å². The lowest BCUT2D eigenvalue weighted by Gasteiger charge is -2.36. The van der Waals surface area contributed by atoms with E-state index < -0.39 is 12.3 Å². The van der Waals surface area contributed by atoms with Crippen LogP contribution in [0.2, 0.25) is 0 Å². The lowest BCUT2D eigenvalue weighted by molar-refractivity contribution is -0.245. The van der Waals surface area contributed by atoms with Crippen LogP contribution in [0.3, 0.4) is 0 Å². The number of benzene rings is 4. The van der Waals surface area contributed by atoms with Crippen LogP contribution in [0, 0.1) is 0 Å². The number of aromatic nitrogens is 1. The third-order valence-electron chi connectivity index (χ3n) is 8.01. The minimum absolute atomic E-state index is 0.0325. The number of amides is 1. The normalized spacial score (nSPS) is 17.6. The van der Waals surface area contributed by atoms with Gasteiger partial charge >= 0.3 is 5.97 Å². The molecule has 246 valence electrons. The zero-order valence-electron chi connectivity index (χ0n) is 26.2. The van der Waals surface area contributed by atoms with Crippen LogP contribution in [0.4, 0.5) is 0 Å². The average Bonchev–Trinajstić information content (AvgIpc) is 3.57. The van der Waals surface area contributed by atoms with Crippen molar-refractivity contribution < 1.29 is 33.7 Å². The Morgan fingerprint density at radius 1 is 0.792 bits per heavy atom. The summed E-state index contributed by atoms with van der Waals surface area (Å²) in [7, 11) is 0. The zero-order chi connectivity index (χ0) is 33.3. The molecule has 2 heterocycles. The fourth-order valence-electron chi connectivity index (χ4n) is 5.43. The second-order valence-electron chi connectivity index (χ2n) is 11.5. The maximum atomic E-state index is 12.0. The summed E-state index contributed by atoms with van der Waals surface area (Å²) >= 11 is 1.50. The highest BCUT2D eigenvalue weighted by Gasteiger charge is 2.33. The number of thioether (sulfide) groups is 1. The largest absolute Gasteiger partial charge is 0.481 e. The molecular formula is C38H36N2O7S. The van der Waals surface area contributed by atoms with Gasteiger partial charge in [0.05, 0.1) is 25.2 Å². The lowest BCUT2D eigenvalue weighted by Crippen LogP contribution is -2.31. The molecule has 10 heteroatoms. The molecule has 0 aliphatic carbocycles. The van der Waals surface area contributed by atoms with Gasteiger partial charge in [-0.25, -0.2) is 4.98 Å². The molecule has 1 aliphatic rings. The SMILES string of the molecule is O=C(O)CCC(=O)NCc1ccc([C@@H]2O[C@H](CSc3nc(-c4ccccc4)c(-c4ccccc4)o3)C[C@H](c3ccc(CO)cc3)O2)cc1. The molecule has 0 saturated carbocycles. The number of ether oxygens (including phenoxy) is 2. The molecule has 1 saturated heterocycles. The first kappa shape index (κ1) is 33.2. The number of aliphatic hydroxyl groups is 1. The van der Waals surface area contributed by atoms with E-state index >= 15 is 0 Å². The number of carboxylic acids is 1. The number of rotatable bonds is 13. The summed E-state index contributed by atoms with van der Waals surface area (Å²) in [6.07, 6.45) is -0.749. The Balaban J connectivity index is 1.18. The van der Waals surface area contributed by atoms with Gasteiger partial charge in [-0.3, -0.25) is 9.59 Å². The Hall–Kier alpha value is -4.74. The van der Waals surface area contributed by atoms with Crippen molar-refractivity contribution in [1.82, 2.24) is 10.3 Å². The minimum Gasteiger partial charge on any atom is -0.481 e. The molecule has 0 bridgehead atoms. The predicted molar refractivity (Wildman–Crippen MR) is 182 cm³/mol. The molecule has 9 nitrogen and oxygen atoms in total. The molecule has 0 unspecified atom stereocenters. The van der Waals surface area contributed by atoms with Gasteiger partial charge in [0.2, 0.25) is 5.91 Å². The van der Waals surface area contributed by atoms with E-state index in [-0.39, 0.29) is 44.1 Å². The molecule has 48 heavy (non-hydrogen) atoms. The van der Waals surface area contributed by atoms with Gasteiger partial charge < -0.3 is 29.4 Å². The van der Waals surface area contributed by atoms with Crippen LogP contribution >= 0.6 is 11.8 Å². The smallest absolute Gasteiger partial charge is 0.303 e. The molecule has 6 rings (SSSR count). The molecule has 5 aromatic rings. The van der Waals surface area contributed by atoms with E-state index in [2.05, 4.69) is 5.32 Å². The molecule has 1 aliphatic heterocycles. The van der Waals surface area contributed by atoms with E-state index in [1.165, 1.54) is 11.8 Å². The van der Waals surface area contributed by atoms with Crippen molar-refractivity contribution >= 4 is 23.6 Å². The summed E-state index contributed by atoms with van der Waals surface area (Å²) in [4.78, 5) is 27.6. The first-order chi connectivity index (χ1) is 23.4. The Morgan fingerprint density at radius 3 is 2.10 bits per heavy atom. The fourth-order valence-corrected chi connectivity index (χ4v) is 6.27. The van der Waals surface area contributed by atoms with Crippen molar-refractivity contribution in [3.63, 3.8) is 0 Å². The minimum atomic E-state index is -1.00. The van der Waals surface area contributed by atoms with Gasteiger partial charge in [0, 0.05) is 41.8 Å². The van der Waals surface area contributed by atoms with Crippen molar-refractivity contribution in [1.29, 1.82) is 0 Å². The fraction of sp³-hybridized carbons (Fsp3) is 0.237. The number of hydrogen-bond donors (Lipinski definition) is 3. The van der Waals surface area contributed by atoms with E-state index in [1.54, 1.807) is 0 Å². The molecule has 4 aromatic carbocycles. The van der Waals surface area contributed by atoms with Crippen LogP contribution in [0.5, 0.6) is 0 Å². The van der Waals surface area contributed by atoms with E-state index in [1.807, 2.05) is 109 Å². The number of carbonyl (C=O) groups is 2. The molecular weight excluding hydrogens is 628 g/mol. The summed E-state index contributed by atoms with van der Waals surface area (Å²) in [6.45, 7) is 0.256. The van der Waals surface area contributed by atoms with Gasteiger partial charge in [0.15, 0.2) is 12.1 Å². The number of carbonyl (C=O) groups excluding carboxylic acids is 1. The van der Waals surface area contributed by atoms with E-state index in [4.69, 9.17) is 24.0 Å². The third kappa shape index (κ3) is 8.59. The number of oxazole rings is 1. The Bertz CT molecular complexity index is 1740. The average molecular weight is 665 g/mol. The quantitative estimate of drug-likeness (QED) is 0.111. The maximum absolute atomic E-state index is 12.0. The first-order valence-electron chi connectivity index (χ1n) is 15.8. The topological polar surface area (TPSA) is 131 Å². The van der Waals surface area contributed by atoms with Crippen molar-refractivity contribution in [2.24, 2.45) is 0 Å². The van der Waals surface area contributed by atoms with Crippen LogP contribution in [0.25, 0.3) is 22.6 Å². The highest BCUT2D eigenvalue weighted by Crippen LogP contribution is 2.41. The van der Waals surface area contributed by atoms with Gasteiger partial charge in [0.25, 0.3) is 5.22 Å². The standard InChI is InChI=1S/C38H36N2O7S/c41-23-26-13-15-27(16-14-26)32-21-31(45-37(46-32)30-17-11-25(12-18-30)22-39-33(42)19-20-34(43)44)24-48-38-40-35(28-7-3-1-4-8-28)36(47-38)29-9-5-2-6-10-29/h1-18,31-32,37,41H,19-24H2,(H,39,42)(H,43,44)/t31-,32+,37+/m0/s1. The molecule has 1 aromatic heterocycles. The van der Waals surface area contributed by atoms with Gasteiger partial charge in [-0.2, -0.15) is 0 Å². The van der Waals surface area contributed by atoms with Crippen LogP contribution in [-0.2, 0) is 32.2 Å². The third-order valence-corrected chi connectivity index (χ3v) is 8.97. The Morgan fingerprint density at radius 2 is 1.44 bits per heavy atom. The number of aliphatic carboxylic acids is 1. The predicted octanol–water partition coefficient (Wildman–Crippen LogP) is 7.32. The number of hydrogen-bond acceptors (Lipinski definition) is 8. The Kier molecular flexibility index (Phi) is 11.0. The van der Waals surface area contributed by atoms with E-state index in [0.29, 0.717) is 17.4 Å². The van der Waals surface area contributed by atoms with Crippen molar-refractivity contribution in [3.05, 3.63) is 131 Å². The van der Waals surface area contributed by atoms with Crippen molar-refractivity contribution in [2.45, 2.75) is 56.1 Å². The first-order valence-corrected chi connectivity index (χ1v) is 16.8. The summed E-state index contributed by atoms with van der Waals surface area (Å²) in [5.41, 5.74) is 6.23. The number of nitrogens with zero attached hydrogens (tertiary/aromatic N) is 1. The molecule has 3 atom stereocenters. The van der Waals surface area contributed by atoms with Crippen molar-refractivity contribution in [3.8, 4) is 22.6 Å². The second-order valence-corrected chi connectivity index (χ2v) is 12.4. The van der Waals surface area contributed by atoms with Crippen LogP contribution < -0.4 is 5.32 Å². The summed E-state index contributed by atoms with van der Waals surface area (Å²) in [6, 6.07) is 35.3. The lowest BCUT2D eigenvalue weighted by atomic mass is 10.0. The zero-order valence-corrected chi connectivity index (χ0v) is 27.0. The van der Waals surface area contributed by atoms with Gasteiger partial charge in [-0.05, 0) is 16.7 Å². The highest BCUT2D eigenvalue weighted by atomic mass is 32.2. The molecule has 1 amide bonds. The monoisotopic (exact) mass is 664 g/mol. The Labute approximate surface area is 282 Å². The maximum Gasteiger partial charge on any atom is 0.303 e. The number of nitrogens with one attached hydrogen (secondary N) is 1. The number of aliphatic hydroxyl groups excluding tert-OH is 1. The summed E-state index contributed by atoms with van der Waals surface area (Å²) in [5.74, 6) is -0.0199. The van der Waals surface area contributed by atoms with Crippen LogP contribution in [-0.4, -0.2) is 38.9 Å². The summed E-state index contributed by atoms with van der Waals surface area (Å²) < 4.78 is 19.4. The van der Waals surface area contributed by atoms with Gasteiger partial charge in [-0.1, -0.05) is 121 Å². The van der Waals surface area contributed by atoms with E-state index in [0.717, 1.165) is 44.8 Å². The molecule has 1 fully saturated rings. The summed E-state index contributed by atoms with van der Waals surface area (Å²) in [5, 5.41) is 21.7. The molecule has 0 radical (unpaired) electrons. The van der Waals surface area contributed by atoms with Crippen LogP contribution in [0.1, 0.15) is 53.9 Å². The van der Waals surface area contributed by atoms with Crippen LogP contribution in [0.15, 0.2) is 119 Å². The highest BCUT2D eigenvalue weighted by molar-refractivity contribution is 7.99. The molecule has 3 N–H and O–H groups in total. The molecule has 0 spiro atoms. The number of carboxylic acid groups (broad SMARTS) is 1.